The molecule has 4 aliphatic carbocycles. The van der Waals surface area contributed by atoms with E-state index in [2.05, 4.69) is 53.7 Å². The summed E-state index contributed by atoms with van der Waals surface area (Å²) in [5, 5.41) is 0. The zero-order chi connectivity index (χ0) is 21.7. The lowest BCUT2D eigenvalue weighted by Crippen LogP contribution is -2.50. The van der Waals surface area contributed by atoms with Crippen LogP contribution in [0.4, 0.5) is 0 Å². The van der Waals surface area contributed by atoms with E-state index in [1.165, 1.54) is 56.9 Å². The maximum absolute atomic E-state index is 12.1. The van der Waals surface area contributed by atoms with Crippen LogP contribution in [0.5, 0.6) is 0 Å². The van der Waals surface area contributed by atoms with E-state index in [1.807, 2.05) is 0 Å². The van der Waals surface area contributed by atoms with Gasteiger partial charge in [-0.05, 0) is 117 Å². The second-order valence-corrected chi connectivity index (χ2v) is 12.2. The van der Waals surface area contributed by atoms with E-state index in [0.29, 0.717) is 22.5 Å². The van der Waals surface area contributed by atoms with Gasteiger partial charge < -0.3 is 0 Å². The van der Waals surface area contributed by atoms with Gasteiger partial charge >= 0.3 is 0 Å². The topological polar surface area (TPSA) is 17.1 Å². The summed E-state index contributed by atoms with van der Waals surface area (Å²) in [7, 11) is 0. The standard InChI is InChI=1S/C29H46O/c1-7-21(19(2)3)9-8-20(4)25-12-13-26-24-11-10-22-18-23(30)14-16-28(22,5)27(24)15-17-29(25,26)6/h7,18-20,24-27H,8-17H2,1-6H3/b21-7-. The summed E-state index contributed by atoms with van der Waals surface area (Å²) in [6, 6.07) is 0. The predicted octanol–water partition coefficient (Wildman–Crippen LogP) is 8.15. The maximum Gasteiger partial charge on any atom is 0.155 e. The van der Waals surface area contributed by atoms with Gasteiger partial charge in [0.05, 0.1) is 0 Å². The van der Waals surface area contributed by atoms with Crippen molar-refractivity contribution < 1.29 is 4.79 Å². The van der Waals surface area contributed by atoms with E-state index in [9.17, 15) is 4.79 Å². The van der Waals surface area contributed by atoms with Gasteiger partial charge in [0.15, 0.2) is 5.78 Å². The normalized spacial score (nSPS) is 42.4. The van der Waals surface area contributed by atoms with Gasteiger partial charge in [0.1, 0.15) is 0 Å². The van der Waals surface area contributed by atoms with Crippen molar-refractivity contribution in [1.82, 2.24) is 0 Å². The fourth-order valence-corrected chi connectivity index (χ4v) is 8.90. The van der Waals surface area contributed by atoms with Crippen molar-refractivity contribution in [2.24, 2.45) is 46.3 Å². The van der Waals surface area contributed by atoms with Gasteiger partial charge in [0, 0.05) is 6.42 Å². The lowest BCUT2D eigenvalue weighted by Gasteiger charge is -2.58. The Kier molecular flexibility index (Phi) is 6.15. The zero-order valence-electron chi connectivity index (χ0n) is 20.6. The van der Waals surface area contributed by atoms with Gasteiger partial charge in [-0.1, -0.05) is 51.8 Å². The molecule has 3 fully saturated rings. The minimum atomic E-state index is 0.319. The molecule has 0 N–H and O–H groups in total. The minimum absolute atomic E-state index is 0.319. The van der Waals surface area contributed by atoms with Crippen molar-refractivity contribution in [1.29, 1.82) is 0 Å². The summed E-state index contributed by atoms with van der Waals surface area (Å²) in [5.41, 5.74) is 4.03. The van der Waals surface area contributed by atoms with Gasteiger partial charge in [0.25, 0.3) is 0 Å². The average Bonchev–Trinajstić information content (AvgIpc) is 3.06. The highest BCUT2D eigenvalue weighted by Gasteiger charge is 2.59. The van der Waals surface area contributed by atoms with Gasteiger partial charge in [-0.15, -0.1) is 0 Å². The molecule has 1 heteroatoms. The van der Waals surface area contributed by atoms with Crippen molar-refractivity contribution in [3.05, 3.63) is 23.3 Å². The third-order valence-corrected chi connectivity index (χ3v) is 10.7. The lowest BCUT2D eigenvalue weighted by atomic mass is 9.46. The van der Waals surface area contributed by atoms with Crippen molar-refractivity contribution in [3.8, 4) is 0 Å². The molecule has 0 spiro atoms. The zero-order valence-corrected chi connectivity index (χ0v) is 20.6. The van der Waals surface area contributed by atoms with Crippen LogP contribution in [-0.4, -0.2) is 5.78 Å². The quantitative estimate of drug-likeness (QED) is 0.418. The first kappa shape index (κ1) is 22.3. The van der Waals surface area contributed by atoms with E-state index in [-0.39, 0.29) is 0 Å². The van der Waals surface area contributed by atoms with E-state index in [0.717, 1.165) is 42.4 Å². The molecule has 30 heavy (non-hydrogen) atoms. The summed E-state index contributed by atoms with van der Waals surface area (Å²) < 4.78 is 0. The highest BCUT2D eigenvalue weighted by Crippen LogP contribution is 2.67. The first-order chi connectivity index (χ1) is 14.2. The van der Waals surface area contributed by atoms with Gasteiger partial charge in [-0.25, -0.2) is 0 Å². The van der Waals surface area contributed by atoms with Crippen LogP contribution in [0, 0.1) is 46.3 Å². The van der Waals surface area contributed by atoms with Crippen LogP contribution in [0.15, 0.2) is 23.3 Å². The van der Waals surface area contributed by atoms with E-state index >= 15 is 0 Å². The Morgan fingerprint density at radius 1 is 1.07 bits per heavy atom. The van der Waals surface area contributed by atoms with Crippen LogP contribution in [0.2, 0.25) is 0 Å². The Hall–Kier alpha value is -0.850. The Morgan fingerprint density at radius 2 is 1.83 bits per heavy atom. The molecule has 0 bridgehead atoms. The number of rotatable bonds is 5. The van der Waals surface area contributed by atoms with E-state index < -0.39 is 0 Å². The van der Waals surface area contributed by atoms with Gasteiger partial charge in [-0.2, -0.15) is 0 Å². The number of carbonyl (C=O) groups excluding carboxylic acids is 1. The second kappa shape index (κ2) is 8.25. The SMILES string of the molecule is C/C=C(/CCC(C)C1CCC2C3CCC4=CC(=O)CCC4(C)C3CCC12C)C(C)C. The molecule has 3 saturated carbocycles. The van der Waals surface area contributed by atoms with E-state index in [1.54, 1.807) is 5.57 Å². The number of hydrogen-bond donors (Lipinski definition) is 0. The third-order valence-electron chi connectivity index (χ3n) is 10.7. The lowest BCUT2D eigenvalue weighted by molar-refractivity contribution is -0.117. The molecule has 0 saturated heterocycles. The summed E-state index contributed by atoms with van der Waals surface area (Å²) in [6.45, 7) is 14.7. The number of ketones is 1. The highest BCUT2D eigenvalue weighted by molar-refractivity contribution is 5.91. The van der Waals surface area contributed by atoms with Gasteiger partial charge in [0.2, 0.25) is 0 Å². The number of carbonyl (C=O) groups is 1. The largest absolute Gasteiger partial charge is 0.295 e. The smallest absolute Gasteiger partial charge is 0.155 e. The molecule has 0 aromatic heterocycles. The number of hydrogen-bond acceptors (Lipinski definition) is 1. The van der Waals surface area contributed by atoms with Crippen LogP contribution >= 0.6 is 0 Å². The van der Waals surface area contributed by atoms with Crippen molar-refractivity contribution in [2.75, 3.05) is 0 Å². The van der Waals surface area contributed by atoms with Crippen molar-refractivity contribution in [2.45, 2.75) is 106 Å². The molecular weight excluding hydrogens is 364 g/mol. The van der Waals surface area contributed by atoms with E-state index in [4.69, 9.17) is 0 Å². The maximum atomic E-state index is 12.1. The molecule has 4 rings (SSSR count). The molecule has 0 amide bonds. The molecule has 168 valence electrons. The molecular formula is C29H46O. The molecule has 7 unspecified atom stereocenters. The summed E-state index contributed by atoms with van der Waals surface area (Å²) >= 11 is 0. The molecule has 0 aromatic carbocycles. The minimum Gasteiger partial charge on any atom is -0.295 e. The second-order valence-electron chi connectivity index (χ2n) is 12.2. The monoisotopic (exact) mass is 410 g/mol. The van der Waals surface area contributed by atoms with Crippen LogP contribution in [0.3, 0.4) is 0 Å². The molecule has 0 radical (unpaired) electrons. The Bertz CT molecular complexity index is 727. The van der Waals surface area contributed by atoms with Crippen molar-refractivity contribution >= 4 is 5.78 Å². The molecule has 1 nitrogen and oxygen atoms in total. The van der Waals surface area contributed by atoms with Crippen molar-refractivity contribution in [3.63, 3.8) is 0 Å². The third kappa shape index (κ3) is 3.57. The number of allylic oxidation sites excluding steroid dienone is 3. The Balaban J connectivity index is 1.49. The summed E-state index contributed by atoms with van der Waals surface area (Å²) in [5.74, 6) is 5.48. The van der Waals surface area contributed by atoms with Crippen LogP contribution in [0.25, 0.3) is 0 Å². The van der Waals surface area contributed by atoms with Gasteiger partial charge in [-0.3, -0.25) is 4.79 Å². The molecule has 0 aromatic rings. The number of fused-ring (bicyclic) bond motifs is 5. The fourth-order valence-electron chi connectivity index (χ4n) is 8.90. The van der Waals surface area contributed by atoms with Crippen LogP contribution < -0.4 is 0 Å². The van der Waals surface area contributed by atoms with Crippen LogP contribution in [-0.2, 0) is 4.79 Å². The fraction of sp³-hybridized carbons (Fsp3) is 0.828. The molecule has 0 aliphatic heterocycles. The molecule has 0 heterocycles. The predicted molar refractivity (Wildman–Crippen MR) is 127 cm³/mol. The summed E-state index contributed by atoms with van der Waals surface area (Å²) in [6.07, 6.45) is 17.2. The Labute approximate surface area is 186 Å². The molecule has 7 atom stereocenters. The highest BCUT2D eigenvalue weighted by atomic mass is 16.1. The first-order valence-electron chi connectivity index (χ1n) is 13.1. The molecule has 4 aliphatic rings. The van der Waals surface area contributed by atoms with Crippen LogP contribution in [0.1, 0.15) is 106 Å². The Morgan fingerprint density at radius 3 is 2.53 bits per heavy atom. The average molecular weight is 411 g/mol. The summed E-state index contributed by atoms with van der Waals surface area (Å²) in [4.78, 5) is 12.1. The first-order valence-corrected chi connectivity index (χ1v) is 13.1.